The van der Waals surface area contributed by atoms with Crippen molar-refractivity contribution in [1.29, 1.82) is 0 Å². The summed E-state index contributed by atoms with van der Waals surface area (Å²) in [7, 11) is 0. The van der Waals surface area contributed by atoms with E-state index in [-0.39, 0.29) is 0 Å². The van der Waals surface area contributed by atoms with Crippen LogP contribution in [0.25, 0.3) is 0 Å². The molecule has 1 rings (SSSR count). The second-order valence-corrected chi connectivity index (χ2v) is 8.08. The lowest BCUT2D eigenvalue weighted by Crippen LogP contribution is -2.15. The normalized spacial score (nSPS) is 12.4. The predicted molar refractivity (Wildman–Crippen MR) is 118 cm³/mol. The van der Waals surface area contributed by atoms with Crippen molar-refractivity contribution in [2.75, 3.05) is 6.54 Å². The Morgan fingerprint density at radius 1 is 0.654 bits per heavy atom. The molecule has 0 aromatic heterocycles. The SMILES string of the molecule is CCCCCCCC(CCCCCC)CCCCNCc1ccccc1. The van der Waals surface area contributed by atoms with E-state index in [4.69, 9.17) is 0 Å². The molecule has 1 nitrogen and oxygen atoms in total. The molecule has 1 N–H and O–H groups in total. The lowest BCUT2D eigenvalue weighted by Gasteiger charge is -2.17. The largest absolute Gasteiger partial charge is 0.313 e. The van der Waals surface area contributed by atoms with Crippen LogP contribution >= 0.6 is 0 Å². The molecule has 0 bridgehead atoms. The van der Waals surface area contributed by atoms with Gasteiger partial charge in [0.05, 0.1) is 0 Å². The van der Waals surface area contributed by atoms with E-state index in [0.717, 1.165) is 19.0 Å². The zero-order chi connectivity index (χ0) is 18.7. The fourth-order valence-electron chi connectivity index (χ4n) is 3.84. The summed E-state index contributed by atoms with van der Waals surface area (Å²) in [6.45, 7) is 6.79. The number of benzene rings is 1. The van der Waals surface area contributed by atoms with Crippen LogP contribution in [0.15, 0.2) is 30.3 Å². The summed E-state index contributed by atoms with van der Waals surface area (Å²) in [5, 5.41) is 3.60. The first kappa shape index (κ1) is 23.2. The molecular formula is C25H45N. The van der Waals surface area contributed by atoms with Gasteiger partial charge in [0, 0.05) is 6.54 Å². The third-order valence-corrected chi connectivity index (χ3v) is 5.57. The molecule has 1 unspecified atom stereocenters. The molecule has 0 aliphatic carbocycles. The fourth-order valence-corrected chi connectivity index (χ4v) is 3.84. The van der Waals surface area contributed by atoms with Crippen molar-refractivity contribution in [3.05, 3.63) is 35.9 Å². The minimum atomic E-state index is 0.989. The standard InChI is InChI=1S/C25H45N/c1-3-5-7-9-12-18-24(17-11-8-6-4-2)19-15-16-22-26-23-25-20-13-10-14-21-25/h10,13-14,20-21,24,26H,3-9,11-12,15-19,22-23H2,1-2H3. The van der Waals surface area contributed by atoms with Crippen molar-refractivity contribution >= 4 is 0 Å². The van der Waals surface area contributed by atoms with Crippen LogP contribution < -0.4 is 5.32 Å². The summed E-state index contributed by atoms with van der Waals surface area (Å²) in [6.07, 6.45) is 20.0. The summed E-state index contributed by atoms with van der Waals surface area (Å²) in [6, 6.07) is 10.8. The smallest absolute Gasteiger partial charge is 0.0205 e. The Kier molecular flexibility index (Phi) is 15.7. The minimum Gasteiger partial charge on any atom is -0.313 e. The van der Waals surface area contributed by atoms with Gasteiger partial charge in [-0.3, -0.25) is 0 Å². The van der Waals surface area contributed by atoms with Crippen molar-refractivity contribution in [3.63, 3.8) is 0 Å². The minimum absolute atomic E-state index is 0.989. The molecule has 1 heteroatoms. The Morgan fingerprint density at radius 2 is 1.19 bits per heavy atom. The molecule has 0 aliphatic heterocycles. The summed E-state index contributed by atoms with van der Waals surface area (Å²) in [5.41, 5.74) is 1.40. The second kappa shape index (κ2) is 17.6. The van der Waals surface area contributed by atoms with E-state index in [0.29, 0.717) is 0 Å². The summed E-state index contributed by atoms with van der Waals surface area (Å²) >= 11 is 0. The van der Waals surface area contributed by atoms with Gasteiger partial charge in [0.2, 0.25) is 0 Å². The number of rotatable bonds is 18. The molecule has 0 spiro atoms. The van der Waals surface area contributed by atoms with Crippen molar-refractivity contribution in [2.24, 2.45) is 5.92 Å². The Hall–Kier alpha value is -0.820. The molecule has 1 aromatic rings. The van der Waals surface area contributed by atoms with Gasteiger partial charge in [-0.25, -0.2) is 0 Å². The van der Waals surface area contributed by atoms with E-state index in [9.17, 15) is 0 Å². The zero-order valence-electron chi connectivity index (χ0n) is 17.8. The highest BCUT2D eigenvalue weighted by Crippen LogP contribution is 2.23. The van der Waals surface area contributed by atoms with Crippen molar-refractivity contribution in [2.45, 2.75) is 110 Å². The lowest BCUT2D eigenvalue weighted by molar-refractivity contribution is 0.368. The maximum absolute atomic E-state index is 3.60. The predicted octanol–water partition coefficient (Wildman–Crippen LogP) is 7.89. The molecular weight excluding hydrogens is 314 g/mol. The van der Waals surface area contributed by atoms with E-state index >= 15 is 0 Å². The first-order chi connectivity index (χ1) is 12.9. The van der Waals surface area contributed by atoms with Gasteiger partial charge in [0.15, 0.2) is 0 Å². The highest BCUT2D eigenvalue weighted by Gasteiger charge is 2.08. The van der Waals surface area contributed by atoms with Gasteiger partial charge in [0.1, 0.15) is 0 Å². The number of hydrogen-bond acceptors (Lipinski definition) is 1. The summed E-state index contributed by atoms with van der Waals surface area (Å²) < 4.78 is 0. The Balaban J connectivity index is 2.10. The zero-order valence-corrected chi connectivity index (χ0v) is 17.8. The molecule has 150 valence electrons. The highest BCUT2D eigenvalue weighted by atomic mass is 14.8. The average Bonchev–Trinajstić information content (AvgIpc) is 2.67. The molecule has 0 fully saturated rings. The van der Waals surface area contributed by atoms with Crippen LogP contribution in [0.1, 0.15) is 109 Å². The van der Waals surface area contributed by atoms with E-state index in [2.05, 4.69) is 49.5 Å². The van der Waals surface area contributed by atoms with E-state index in [1.54, 1.807) is 0 Å². The first-order valence-electron chi connectivity index (χ1n) is 11.6. The van der Waals surface area contributed by atoms with Crippen molar-refractivity contribution < 1.29 is 0 Å². The van der Waals surface area contributed by atoms with E-state index in [1.807, 2.05) is 0 Å². The van der Waals surface area contributed by atoms with Gasteiger partial charge in [0.25, 0.3) is 0 Å². The monoisotopic (exact) mass is 359 g/mol. The van der Waals surface area contributed by atoms with Crippen molar-refractivity contribution in [1.82, 2.24) is 5.32 Å². The highest BCUT2D eigenvalue weighted by molar-refractivity contribution is 5.14. The van der Waals surface area contributed by atoms with Gasteiger partial charge < -0.3 is 5.32 Å². The van der Waals surface area contributed by atoms with Crippen LogP contribution in [0.4, 0.5) is 0 Å². The maximum Gasteiger partial charge on any atom is 0.0205 e. The third-order valence-electron chi connectivity index (χ3n) is 5.57. The Labute approximate surface area is 164 Å². The average molecular weight is 360 g/mol. The lowest BCUT2D eigenvalue weighted by atomic mass is 9.90. The number of hydrogen-bond donors (Lipinski definition) is 1. The van der Waals surface area contributed by atoms with E-state index in [1.165, 1.54) is 95.5 Å². The van der Waals surface area contributed by atoms with Gasteiger partial charge in [-0.1, -0.05) is 128 Å². The van der Waals surface area contributed by atoms with Crippen LogP contribution in [0.5, 0.6) is 0 Å². The molecule has 0 radical (unpaired) electrons. The van der Waals surface area contributed by atoms with Crippen LogP contribution in [-0.4, -0.2) is 6.54 Å². The molecule has 1 atom stereocenters. The van der Waals surface area contributed by atoms with Crippen LogP contribution in [0, 0.1) is 5.92 Å². The second-order valence-electron chi connectivity index (χ2n) is 8.08. The topological polar surface area (TPSA) is 12.0 Å². The molecule has 0 heterocycles. The van der Waals surface area contributed by atoms with Crippen LogP contribution in [0.2, 0.25) is 0 Å². The summed E-state index contributed by atoms with van der Waals surface area (Å²) in [4.78, 5) is 0. The molecule has 0 aliphatic rings. The Morgan fingerprint density at radius 3 is 1.81 bits per heavy atom. The molecule has 1 aromatic carbocycles. The Bertz CT molecular complexity index is 386. The van der Waals surface area contributed by atoms with Crippen LogP contribution in [0.3, 0.4) is 0 Å². The van der Waals surface area contributed by atoms with Gasteiger partial charge in [-0.05, 0) is 24.4 Å². The van der Waals surface area contributed by atoms with Gasteiger partial charge in [-0.2, -0.15) is 0 Å². The fraction of sp³-hybridized carbons (Fsp3) is 0.760. The third kappa shape index (κ3) is 13.4. The molecule has 0 saturated heterocycles. The maximum atomic E-state index is 3.60. The molecule has 26 heavy (non-hydrogen) atoms. The quantitative estimate of drug-likeness (QED) is 0.263. The molecule has 0 amide bonds. The van der Waals surface area contributed by atoms with Gasteiger partial charge in [-0.15, -0.1) is 0 Å². The summed E-state index contributed by atoms with van der Waals surface area (Å²) in [5.74, 6) is 0.989. The van der Waals surface area contributed by atoms with Gasteiger partial charge >= 0.3 is 0 Å². The first-order valence-corrected chi connectivity index (χ1v) is 11.6. The molecule has 0 saturated carbocycles. The van der Waals surface area contributed by atoms with E-state index < -0.39 is 0 Å². The number of unbranched alkanes of at least 4 members (excludes halogenated alkanes) is 8. The van der Waals surface area contributed by atoms with Crippen LogP contribution in [-0.2, 0) is 6.54 Å². The number of nitrogens with one attached hydrogen (secondary N) is 1. The van der Waals surface area contributed by atoms with Crippen molar-refractivity contribution in [3.8, 4) is 0 Å².